The SMILES string of the molecule is COC(=O)c1c(NC(=O)COC(=O)c2cc(F)cc(F)c2)sc2c1CCCCC2. The van der Waals surface area contributed by atoms with E-state index in [1.165, 1.54) is 18.4 Å². The Balaban J connectivity index is 1.70. The Morgan fingerprint density at radius 3 is 2.41 bits per heavy atom. The fraction of sp³-hybridized carbons (Fsp3) is 0.350. The molecule has 9 heteroatoms. The standard InChI is InChI=1S/C20H19F2NO5S/c1-27-20(26)17-14-5-3-2-4-6-15(14)29-18(17)23-16(24)10-28-19(25)11-7-12(21)9-13(22)8-11/h7-9H,2-6,10H2,1H3,(H,23,24). The van der Waals surface area contributed by atoms with Crippen LogP contribution in [0.15, 0.2) is 18.2 Å². The van der Waals surface area contributed by atoms with Crippen LogP contribution >= 0.6 is 11.3 Å². The number of hydrogen-bond donors (Lipinski definition) is 1. The summed E-state index contributed by atoms with van der Waals surface area (Å²) in [5.41, 5.74) is 0.886. The van der Waals surface area contributed by atoms with Crippen molar-refractivity contribution in [3.63, 3.8) is 0 Å². The van der Waals surface area contributed by atoms with Gasteiger partial charge in [-0.3, -0.25) is 4.79 Å². The molecule has 1 amide bonds. The molecular formula is C20H19F2NO5S. The van der Waals surface area contributed by atoms with Gasteiger partial charge in [0.05, 0.1) is 18.2 Å². The van der Waals surface area contributed by atoms with Gasteiger partial charge in [-0.25, -0.2) is 18.4 Å². The minimum Gasteiger partial charge on any atom is -0.465 e. The highest BCUT2D eigenvalue weighted by Gasteiger charge is 2.26. The summed E-state index contributed by atoms with van der Waals surface area (Å²) in [7, 11) is 1.27. The lowest BCUT2D eigenvalue weighted by atomic mass is 10.1. The van der Waals surface area contributed by atoms with Gasteiger partial charge in [0.25, 0.3) is 5.91 Å². The van der Waals surface area contributed by atoms with Crippen LogP contribution in [0, 0.1) is 11.6 Å². The number of rotatable bonds is 5. The van der Waals surface area contributed by atoms with E-state index >= 15 is 0 Å². The van der Waals surface area contributed by atoms with Crippen molar-refractivity contribution in [1.29, 1.82) is 0 Å². The van der Waals surface area contributed by atoms with Crippen LogP contribution in [0.5, 0.6) is 0 Å². The van der Waals surface area contributed by atoms with E-state index in [2.05, 4.69) is 5.32 Å². The molecule has 0 atom stereocenters. The fourth-order valence-corrected chi connectivity index (χ4v) is 4.49. The number of carbonyl (C=O) groups excluding carboxylic acids is 3. The quantitative estimate of drug-likeness (QED) is 0.583. The Hall–Kier alpha value is -2.81. The van der Waals surface area contributed by atoms with Crippen LogP contribution in [0.25, 0.3) is 0 Å². The zero-order valence-electron chi connectivity index (χ0n) is 15.7. The lowest BCUT2D eigenvalue weighted by Crippen LogP contribution is -2.22. The number of fused-ring (bicyclic) bond motifs is 1. The highest BCUT2D eigenvalue weighted by atomic mass is 32.1. The van der Waals surface area contributed by atoms with E-state index in [0.29, 0.717) is 16.6 Å². The molecule has 0 spiro atoms. The van der Waals surface area contributed by atoms with Gasteiger partial charge >= 0.3 is 11.9 Å². The molecule has 2 aromatic rings. The number of nitrogens with one attached hydrogen (secondary N) is 1. The summed E-state index contributed by atoms with van der Waals surface area (Å²) in [5, 5.41) is 2.94. The second kappa shape index (κ2) is 9.13. The van der Waals surface area contributed by atoms with Crippen molar-refractivity contribution in [3.05, 3.63) is 51.4 Å². The number of ether oxygens (including phenoxy) is 2. The molecule has 0 saturated carbocycles. The lowest BCUT2D eigenvalue weighted by Gasteiger charge is -2.08. The molecule has 0 radical (unpaired) electrons. The summed E-state index contributed by atoms with van der Waals surface area (Å²) in [6, 6.07) is 2.25. The maximum absolute atomic E-state index is 13.2. The average molecular weight is 423 g/mol. The molecule has 154 valence electrons. The van der Waals surface area contributed by atoms with Gasteiger partial charge in [-0.05, 0) is 43.4 Å². The molecule has 1 aliphatic carbocycles. The summed E-state index contributed by atoms with van der Waals surface area (Å²) in [4.78, 5) is 37.4. The Morgan fingerprint density at radius 1 is 1.03 bits per heavy atom. The number of hydrogen-bond acceptors (Lipinski definition) is 6. The number of methoxy groups -OCH3 is 1. The first-order chi connectivity index (χ1) is 13.9. The molecule has 0 fully saturated rings. The van der Waals surface area contributed by atoms with E-state index in [4.69, 9.17) is 9.47 Å². The zero-order chi connectivity index (χ0) is 21.0. The first-order valence-corrected chi connectivity index (χ1v) is 9.86. The van der Waals surface area contributed by atoms with Crippen LogP contribution in [-0.2, 0) is 27.1 Å². The van der Waals surface area contributed by atoms with E-state index in [1.54, 1.807) is 0 Å². The summed E-state index contributed by atoms with van der Waals surface area (Å²) in [6.45, 7) is -0.667. The summed E-state index contributed by atoms with van der Waals surface area (Å²) in [6.07, 6.45) is 4.57. The average Bonchev–Trinajstić information content (AvgIpc) is 2.85. The number of halogens is 2. The highest BCUT2D eigenvalue weighted by Crippen LogP contribution is 2.37. The van der Waals surface area contributed by atoms with E-state index in [0.717, 1.165) is 54.7 Å². The summed E-state index contributed by atoms with van der Waals surface area (Å²) in [5.74, 6) is -4.09. The van der Waals surface area contributed by atoms with Crippen LogP contribution in [0.4, 0.5) is 13.8 Å². The van der Waals surface area contributed by atoms with E-state index in [9.17, 15) is 23.2 Å². The van der Waals surface area contributed by atoms with E-state index < -0.39 is 36.1 Å². The van der Waals surface area contributed by atoms with Gasteiger partial charge in [-0.1, -0.05) is 6.42 Å². The molecule has 0 bridgehead atoms. The number of carbonyl (C=O) groups is 3. The van der Waals surface area contributed by atoms with Crippen molar-refractivity contribution < 1.29 is 32.6 Å². The second-order valence-corrected chi connectivity index (χ2v) is 7.65. The summed E-state index contributed by atoms with van der Waals surface area (Å²) >= 11 is 1.31. The normalized spacial score (nSPS) is 13.2. The topological polar surface area (TPSA) is 81.7 Å². The Bertz CT molecular complexity index is 936. The molecule has 0 unspecified atom stereocenters. The second-order valence-electron chi connectivity index (χ2n) is 6.54. The molecule has 29 heavy (non-hydrogen) atoms. The summed E-state index contributed by atoms with van der Waals surface area (Å²) < 4.78 is 36.1. The maximum Gasteiger partial charge on any atom is 0.341 e. The lowest BCUT2D eigenvalue weighted by molar-refractivity contribution is -0.119. The van der Waals surface area contributed by atoms with Crippen LogP contribution in [0.2, 0.25) is 0 Å². The smallest absolute Gasteiger partial charge is 0.341 e. The molecule has 1 aliphatic rings. The van der Waals surface area contributed by atoms with Gasteiger partial charge in [0, 0.05) is 10.9 Å². The molecule has 1 aromatic heterocycles. The van der Waals surface area contributed by atoms with E-state index in [1.807, 2.05) is 0 Å². The number of aryl methyl sites for hydroxylation is 1. The fourth-order valence-electron chi connectivity index (χ4n) is 3.20. The van der Waals surface area contributed by atoms with Crippen LogP contribution in [0.3, 0.4) is 0 Å². The van der Waals surface area contributed by atoms with Crippen molar-refractivity contribution in [1.82, 2.24) is 0 Å². The highest BCUT2D eigenvalue weighted by molar-refractivity contribution is 7.17. The predicted octanol–water partition coefficient (Wildman–Crippen LogP) is 3.88. The number of anilines is 1. The molecule has 6 nitrogen and oxygen atoms in total. The largest absolute Gasteiger partial charge is 0.465 e. The van der Waals surface area contributed by atoms with Crippen LogP contribution in [-0.4, -0.2) is 31.6 Å². The van der Waals surface area contributed by atoms with Gasteiger partial charge < -0.3 is 14.8 Å². The third-order valence-electron chi connectivity index (χ3n) is 4.50. The van der Waals surface area contributed by atoms with Gasteiger partial charge in [0.15, 0.2) is 6.61 Å². The molecule has 1 N–H and O–H groups in total. The molecule has 0 aliphatic heterocycles. The Kier molecular flexibility index (Phi) is 6.58. The zero-order valence-corrected chi connectivity index (χ0v) is 16.5. The predicted molar refractivity (Wildman–Crippen MR) is 102 cm³/mol. The van der Waals surface area contributed by atoms with E-state index in [-0.39, 0.29) is 5.56 Å². The van der Waals surface area contributed by atoms with Gasteiger partial charge in [-0.15, -0.1) is 11.3 Å². The van der Waals surface area contributed by atoms with Crippen molar-refractivity contribution >= 4 is 34.2 Å². The molecule has 1 heterocycles. The van der Waals surface area contributed by atoms with Crippen molar-refractivity contribution in [3.8, 4) is 0 Å². The Morgan fingerprint density at radius 2 is 1.72 bits per heavy atom. The molecule has 3 rings (SSSR count). The van der Waals surface area contributed by atoms with Crippen molar-refractivity contribution in [2.75, 3.05) is 19.0 Å². The van der Waals surface area contributed by atoms with Gasteiger partial charge in [0.2, 0.25) is 0 Å². The third-order valence-corrected chi connectivity index (χ3v) is 5.70. The first kappa shape index (κ1) is 20.9. The minimum atomic E-state index is -1.03. The molecule has 1 aromatic carbocycles. The minimum absolute atomic E-state index is 0.335. The number of thiophene rings is 1. The van der Waals surface area contributed by atoms with Crippen LogP contribution < -0.4 is 5.32 Å². The monoisotopic (exact) mass is 423 g/mol. The molecule has 0 saturated heterocycles. The van der Waals surface area contributed by atoms with Crippen molar-refractivity contribution in [2.24, 2.45) is 0 Å². The Labute approximate surface area is 169 Å². The maximum atomic E-state index is 13.2. The molecular weight excluding hydrogens is 404 g/mol. The van der Waals surface area contributed by atoms with Gasteiger partial charge in [0.1, 0.15) is 16.6 Å². The first-order valence-electron chi connectivity index (χ1n) is 9.05. The van der Waals surface area contributed by atoms with Crippen molar-refractivity contribution in [2.45, 2.75) is 32.1 Å². The number of benzene rings is 1. The number of amides is 1. The number of esters is 2. The van der Waals surface area contributed by atoms with Crippen LogP contribution in [0.1, 0.15) is 50.4 Å². The third kappa shape index (κ3) is 4.97. The van der Waals surface area contributed by atoms with Gasteiger partial charge in [-0.2, -0.15) is 0 Å².